The molecule has 2 unspecified atom stereocenters. The lowest BCUT2D eigenvalue weighted by atomic mass is 9.96. The van der Waals surface area contributed by atoms with Crippen molar-refractivity contribution >= 4 is 0 Å². The van der Waals surface area contributed by atoms with Crippen molar-refractivity contribution in [1.29, 1.82) is 0 Å². The van der Waals surface area contributed by atoms with Crippen molar-refractivity contribution < 1.29 is 9.13 Å². The van der Waals surface area contributed by atoms with Crippen LogP contribution in [0, 0.1) is 12.7 Å². The number of hydrogen-bond donors (Lipinski definition) is 2. The quantitative estimate of drug-likeness (QED) is 0.625. The molecule has 1 aromatic carbocycles. The van der Waals surface area contributed by atoms with Gasteiger partial charge in [0, 0.05) is 12.6 Å². The molecule has 1 aliphatic heterocycles. The molecule has 0 radical (unpaired) electrons. The number of hydrazine groups is 1. The number of nitrogens with one attached hydrogen (secondary N) is 1. The highest BCUT2D eigenvalue weighted by Gasteiger charge is 2.19. The molecule has 4 heteroatoms. The van der Waals surface area contributed by atoms with Gasteiger partial charge in [-0.1, -0.05) is 6.07 Å². The van der Waals surface area contributed by atoms with Crippen LogP contribution in [0.3, 0.4) is 0 Å². The predicted octanol–water partition coefficient (Wildman–Crippen LogP) is 2.60. The van der Waals surface area contributed by atoms with E-state index in [0.717, 1.165) is 43.4 Å². The number of halogens is 1. The maximum atomic E-state index is 13.3. The molecule has 18 heavy (non-hydrogen) atoms. The molecule has 1 aliphatic rings. The molecule has 1 heterocycles. The van der Waals surface area contributed by atoms with Gasteiger partial charge >= 0.3 is 0 Å². The molecule has 1 saturated heterocycles. The van der Waals surface area contributed by atoms with E-state index in [9.17, 15) is 4.39 Å². The summed E-state index contributed by atoms with van der Waals surface area (Å²) in [5.41, 5.74) is 4.79. The molecule has 0 aliphatic carbocycles. The van der Waals surface area contributed by atoms with Crippen LogP contribution in [0.4, 0.5) is 4.39 Å². The zero-order valence-corrected chi connectivity index (χ0v) is 10.8. The van der Waals surface area contributed by atoms with Gasteiger partial charge in [-0.15, -0.1) is 0 Å². The summed E-state index contributed by atoms with van der Waals surface area (Å²) < 4.78 is 18.9. The van der Waals surface area contributed by atoms with Gasteiger partial charge in [0.15, 0.2) is 0 Å². The standard InChI is InChI=1S/C14H21FN2O/c1-10-4-5-11(15)9-13(10)14(17-16)7-6-12-3-2-8-18-12/h4-5,9,12,14,17H,2-3,6-8,16H2,1H3. The lowest BCUT2D eigenvalue weighted by Crippen LogP contribution is -2.29. The molecule has 2 rings (SSSR count). The van der Waals surface area contributed by atoms with Crippen LogP contribution in [-0.4, -0.2) is 12.7 Å². The van der Waals surface area contributed by atoms with Crippen LogP contribution in [0.25, 0.3) is 0 Å². The van der Waals surface area contributed by atoms with E-state index >= 15 is 0 Å². The Morgan fingerprint density at radius 1 is 1.56 bits per heavy atom. The normalized spacial score (nSPS) is 21.2. The lowest BCUT2D eigenvalue weighted by Gasteiger charge is -2.20. The van der Waals surface area contributed by atoms with Crippen LogP contribution in [0.15, 0.2) is 18.2 Å². The fraction of sp³-hybridized carbons (Fsp3) is 0.571. The number of ether oxygens (including phenoxy) is 1. The van der Waals surface area contributed by atoms with Crippen LogP contribution >= 0.6 is 0 Å². The second kappa shape index (κ2) is 6.27. The van der Waals surface area contributed by atoms with Crippen molar-refractivity contribution in [1.82, 2.24) is 5.43 Å². The van der Waals surface area contributed by atoms with E-state index in [-0.39, 0.29) is 11.9 Å². The van der Waals surface area contributed by atoms with Crippen molar-refractivity contribution in [3.63, 3.8) is 0 Å². The number of hydrogen-bond acceptors (Lipinski definition) is 3. The van der Waals surface area contributed by atoms with E-state index in [1.165, 1.54) is 6.07 Å². The first-order valence-electron chi connectivity index (χ1n) is 6.54. The summed E-state index contributed by atoms with van der Waals surface area (Å²) in [5.74, 6) is 5.38. The van der Waals surface area contributed by atoms with Crippen LogP contribution in [0.5, 0.6) is 0 Å². The summed E-state index contributed by atoms with van der Waals surface area (Å²) in [4.78, 5) is 0. The van der Waals surface area contributed by atoms with E-state index in [4.69, 9.17) is 10.6 Å². The summed E-state index contributed by atoms with van der Waals surface area (Å²) >= 11 is 0. The molecule has 0 spiro atoms. The van der Waals surface area contributed by atoms with Gasteiger partial charge in [0.05, 0.1) is 6.10 Å². The molecule has 1 fully saturated rings. The van der Waals surface area contributed by atoms with Crippen molar-refractivity contribution in [2.45, 2.75) is 44.8 Å². The zero-order valence-electron chi connectivity index (χ0n) is 10.8. The molecule has 0 amide bonds. The van der Waals surface area contributed by atoms with Gasteiger partial charge in [0.2, 0.25) is 0 Å². The molecule has 100 valence electrons. The van der Waals surface area contributed by atoms with Gasteiger partial charge < -0.3 is 4.74 Å². The SMILES string of the molecule is Cc1ccc(F)cc1C(CCC1CCCO1)NN. The topological polar surface area (TPSA) is 47.3 Å². The molecule has 3 N–H and O–H groups in total. The minimum Gasteiger partial charge on any atom is -0.378 e. The van der Waals surface area contributed by atoms with Crippen molar-refractivity contribution in [3.05, 3.63) is 35.1 Å². The Labute approximate surface area is 107 Å². The second-order valence-electron chi connectivity index (χ2n) is 4.93. The Bertz CT molecular complexity index is 391. The van der Waals surface area contributed by atoms with Gasteiger partial charge in [-0.2, -0.15) is 0 Å². The largest absolute Gasteiger partial charge is 0.378 e. The molecule has 1 aromatic rings. The van der Waals surface area contributed by atoms with E-state index < -0.39 is 0 Å². The molecule has 3 nitrogen and oxygen atoms in total. The molecule has 0 bridgehead atoms. The first-order chi connectivity index (χ1) is 8.70. The number of rotatable bonds is 5. The van der Waals surface area contributed by atoms with Gasteiger partial charge in [0.25, 0.3) is 0 Å². The third kappa shape index (κ3) is 3.28. The Kier molecular flexibility index (Phi) is 4.69. The third-order valence-electron chi connectivity index (χ3n) is 3.62. The fourth-order valence-corrected chi connectivity index (χ4v) is 2.54. The summed E-state index contributed by atoms with van der Waals surface area (Å²) in [5, 5.41) is 0. The minimum absolute atomic E-state index is 0.00935. The first kappa shape index (κ1) is 13.5. The monoisotopic (exact) mass is 252 g/mol. The lowest BCUT2D eigenvalue weighted by molar-refractivity contribution is 0.0996. The molecular formula is C14H21FN2O. The van der Waals surface area contributed by atoms with E-state index in [1.54, 1.807) is 12.1 Å². The van der Waals surface area contributed by atoms with Crippen molar-refractivity contribution in [2.75, 3.05) is 6.61 Å². The van der Waals surface area contributed by atoms with Crippen LogP contribution in [-0.2, 0) is 4.74 Å². The molecule has 2 atom stereocenters. The van der Waals surface area contributed by atoms with Crippen LogP contribution in [0.1, 0.15) is 42.9 Å². The van der Waals surface area contributed by atoms with Crippen molar-refractivity contribution in [2.24, 2.45) is 5.84 Å². The Hall–Kier alpha value is -0.970. The maximum absolute atomic E-state index is 13.3. The second-order valence-corrected chi connectivity index (χ2v) is 4.93. The van der Waals surface area contributed by atoms with Crippen molar-refractivity contribution in [3.8, 4) is 0 Å². The van der Waals surface area contributed by atoms with Gasteiger partial charge in [-0.05, 0) is 55.9 Å². The Morgan fingerprint density at radius 3 is 3.06 bits per heavy atom. The summed E-state index contributed by atoms with van der Waals surface area (Å²) in [6.07, 6.45) is 4.44. The van der Waals surface area contributed by atoms with E-state index in [2.05, 4.69) is 5.43 Å². The molecule has 0 saturated carbocycles. The number of aryl methyl sites for hydroxylation is 1. The third-order valence-corrected chi connectivity index (χ3v) is 3.62. The molecule has 0 aromatic heterocycles. The Balaban J connectivity index is 2.00. The van der Waals surface area contributed by atoms with Gasteiger partial charge in [-0.3, -0.25) is 11.3 Å². The number of benzene rings is 1. The fourth-order valence-electron chi connectivity index (χ4n) is 2.54. The smallest absolute Gasteiger partial charge is 0.123 e. The first-order valence-corrected chi connectivity index (χ1v) is 6.54. The zero-order chi connectivity index (χ0) is 13.0. The highest BCUT2D eigenvalue weighted by molar-refractivity contribution is 5.29. The van der Waals surface area contributed by atoms with Crippen LogP contribution in [0.2, 0.25) is 0 Å². The van der Waals surface area contributed by atoms with Gasteiger partial charge in [0.1, 0.15) is 5.82 Å². The summed E-state index contributed by atoms with van der Waals surface area (Å²) in [6, 6.07) is 4.83. The highest BCUT2D eigenvalue weighted by atomic mass is 19.1. The van der Waals surface area contributed by atoms with Crippen LogP contribution < -0.4 is 11.3 Å². The van der Waals surface area contributed by atoms with E-state index in [1.807, 2.05) is 6.92 Å². The number of nitrogens with two attached hydrogens (primary N) is 1. The van der Waals surface area contributed by atoms with Gasteiger partial charge in [-0.25, -0.2) is 4.39 Å². The maximum Gasteiger partial charge on any atom is 0.123 e. The minimum atomic E-state index is -0.215. The Morgan fingerprint density at radius 2 is 2.39 bits per heavy atom. The predicted molar refractivity (Wildman–Crippen MR) is 69.4 cm³/mol. The average Bonchev–Trinajstić information content (AvgIpc) is 2.87. The summed E-state index contributed by atoms with van der Waals surface area (Å²) in [7, 11) is 0. The summed E-state index contributed by atoms with van der Waals surface area (Å²) in [6.45, 7) is 2.84. The van der Waals surface area contributed by atoms with E-state index in [0.29, 0.717) is 6.10 Å². The average molecular weight is 252 g/mol. The molecular weight excluding hydrogens is 231 g/mol. The highest BCUT2D eigenvalue weighted by Crippen LogP contribution is 2.26.